The van der Waals surface area contributed by atoms with Gasteiger partial charge in [-0.15, -0.1) is 11.3 Å². The quantitative estimate of drug-likeness (QED) is 0.694. The maximum atomic E-state index is 12.5. The van der Waals surface area contributed by atoms with Gasteiger partial charge in [0.25, 0.3) is 0 Å². The molecular formula is C21H28N2O3S2. The minimum atomic E-state index is -3.28. The fourth-order valence-electron chi connectivity index (χ4n) is 3.60. The molecule has 152 valence electrons. The molecule has 3 rings (SSSR count). The van der Waals surface area contributed by atoms with Crippen molar-refractivity contribution in [3.05, 3.63) is 51.2 Å². The van der Waals surface area contributed by atoms with Crippen molar-refractivity contribution < 1.29 is 13.2 Å². The van der Waals surface area contributed by atoms with Gasteiger partial charge in [0.05, 0.1) is 5.75 Å². The van der Waals surface area contributed by atoms with Crippen LogP contribution in [-0.2, 0) is 27.0 Å². The molecule has 0 unspecified atom stereocenters. The van der Waals surface area contributed by atoms with E-state index < -0.39 is 10.0 Å². The molecule has 7 heteroatoms. The zero-order chi connectivity index (χ0) is 20.1. The van der Waals surface area contributed by atoms with Gasteiger partial charge in [-0.1, -0.05) is 12.1 Å². The normalized spacial score (nSPS) is 15.1. The number of anilines is 1. The van der Waals surface area contributed by atoms with Crippen LogP contribution < -0.4 is 5.32 Å². The number of sulfonamides is 1. The standard InChI is InChI=1S/C21H28N2O3S2/c1-16-13-19(17(2)27-16)8-6-10-21(24)22-20-9-5-7-18(14-20)15-28(25,26)23-11-3-4-12-23/h5,7,9,13-14H,3-4,6,8,10-12,15H2,1-2H3,(H,22,24). The van der Waals surface area contributed by atoms with Crippen LogP contribution in [0.3, 0.4) is 0 Å². The van der Waals surface area contributed by atoms with E-state index in [0.717, 1.165) is 25.7 Å². The lowest BCUT2D eigenvalue weighted by Crippen LogP contribution is -2.29. The lowest BCUT2D eigenvalue weighted by atomic mass is 10.1. The number of amides is 1. The first kappa shape index (κ1) is 21.0. The second-order valence-electron chi connectivity index (χ2n) is 7.40. The Morgan fingerprint density at radius 2 is 1.93 bits per heavy atom. The smallest absolute Gasteiger partial charge is 0.224 e. The lowest BCUT2D eigenvalue weighted by molar-refractivity contribution is -0.116. The highest BCUT2D eigenvalue weighted by atomic mass is 32.2. The van der Waals surface area contributed by atoms with Gasteiger partial charge < -0.3 is 5.32 Å². The summed E-state index contributed by atoms with van der Waals surface area (Å²) in [4.78, 5) is 14.9. The maximum absolute atomic E-state index is 12.5. The van der Waals surface area contributed by atoms with Gasteiger partial charge >= 0.3 is 0 Å². The largest absolute Gasteiger partial charge is 0.326 e. The predicted octanol–water partition coefficient (Wildman–Crippen LogP) is 4.25. The number of thiophene rings is 1. The number of hydrogen-bond donors (Lipinski definition) is 1. The van der Waals surface area contributed by atoms with Gasteiger partial charge in [-0.2, -0.15) is 0 Å². The molecule has 0 spiro atoms. The summed E-state index contributed by atoms with van der Waals surface area (Å²) in [7, 11) is -3.28. The number of rotatable bonds is 8. The molecule has 0 bridgehead atoms. The zero-order valence-corrected chi connectivity index (χ0v) is 18.2. The molecule has 1 saturated heterocycles. The molecule has 5 nitrogen and oxygen atoms in total. The number of nitrogens with one attached hydrogen (secondary N) is 1. The first-order valence-electron chi connectivity index (χ1n) is 9.76. The van der Waals surface area contributed by atoms with Crippen LogP contribution in [0.1, 0.15) is 46.6 Å². The Balaban J connectivity index is 1.52. The van der Waals surface area contributed by atoms with Crippen molar-refractivity contribution in [1.82, 2.24) is 4.31 Å². The summed E-state index contributed by atoms with van der Waals surface area (Å²) in [5, 5.41) is 2.90. The minimum absolute atomic E-state index is 0.0203. The number of benzene rings is 1. The average molecular weight is 421 g/mol. The third-order valence-corrected chi connectivity index (χ3v) is 7.87. The molecule has 28 heavy (non-hydrogen) atoms. The molecule has 0 radical (unpaired) electrons. The Bertz CT molecular complexity index is 929. The Morgan fingerprint density at radius 1 is 1.18 bits per heavy atom. The minimum Gasteiger partial charge on any atom is -0.326 e. The number of aryl methyl sites for hydroxylation is 3. The fraction of sp³-hybridized carbons (Fsp3) is 0.476. The molecular weight excluding hydrogens is 392 g/mol. The van der Waals surface area contributed by atoms with Crippen LogP contribution in [0, 0.1) is 13.8 Å². The lowest BCUT2D eigenvalue weighted by Gasteiger charge is -2.15. The topological polar surface area (TPSA) is 66.5 Å². The number of carbonyl (C=O) groups excluding carboxylic acids is 1. The van der Waals surface area contributed by atoms with E-state index in [2.05, 4.69) is 25.2 Å². The fourth-order valence-corrected chi connectivity index (χ4v) is 6.18. The molecule has 1 aliphatic heterocycles. The van der Waals surface area contributed by atoms with Crippen LogP contribution in [0.2, 0.25) is 0 Å². The van der Waals surface area contributed by atoms with Gasteiger partial charge in [0.1, 0.15) is 0 Å². The summed E-state index contributed by atoms with van der Waals surface area (Å²) in [6, 6.07) is 9.35. The molecule has 0 aliphatic carbocycles. The molecule has 1 amide bonds. The van der Waals surface area contributed by atoms with E-state index in [1.54, 1.807) is 39.9 Å². The van der Waals surface area contributed by atoms with E-state index in [0.29, 0.717) is 30.8 Å². The third-order valence-electron chi connectivity index (χ3n) is 5.01. The second kappa shape index (κ2) is 9.20. The summed E-state index contributed by atoms with van der Waals surface area (Å²) >= 11 is 1.79. The number of hydrogen-bond acceptors (Lipinski definition) is 4. The van der Waals surface area contributed by atoms with Gasteiger partial charge in [0.15, 0.2) is 0 Å². The Morgan fingerprint density at radius 3 is 2.61 bits per heavy atom. The predicted molar refractivity (Wildman–Crippen MR) is 115 cm³/mol. The van der Waals surface area contributed by atoms with Crippen molar-refractivity contribution >= 4 is 33.0 Å². The molecule has 1 aromatic carbocycles. The highest BCUT2D eigenvalue weighted by Gasteiger charge is 2.25. The molecule has 2 heterocycles. The molecule has 1 aromatic heterocycles. The Hall–Kier alpha value is -1.70. The number of carbonyl (C=O) groups is 1. The van der Waals surface area contributed by atoms with Crippen molar-refractivity contribution in [2.75, 3.05) is 18.4 Å². The summed E-state index contributed by atoms with van der Waals surface area (Å²) in [6.45, 7) is 5.45. The molecule has 0 saturated carbocycles. The second-order valence-corrected chi connectivity index (χ2v) is 10.8. The summed E-state index contributed by atoms with van der Waals surface area (Å²) in [5.41, 5.74) is 2.68. The van der Waals surface area contributed by atoms with E-state index in [-0.39, 0.29) is 11.7 Å². The highest BCUT2D eigenvalue weighted by Crippen LogP contribution is 2.23. The van der Waals surface area contributed by atoms with E-state index in [4.69, 9.17) is 0 Å². The summed E-state index contributed by atoms with van der Waals surface area (Å²) < 4.78 is 26.5. The average Bonchev–Trinajstić information content (AvgIpc) is 3.25. The van der Waals surface area contributed by atoms with E-state index >= 15 is 0 Å². The molecule has 1 N–H and O–H groups in total. The maximum Gasteiger partial charge on any atom is 0.224 e. The SMILES string of the molecule is Cc1cc(CCCC(=O)Nc2cccc(CS(=O)(=O)N3CCCC3)c2)c(C)s1. The van der Waals surface area contributed by atoms with Crippen molar-refractivity contribution in [3.8, 4) is 0 Å². The van der Waals surface area contributed by atoms with Crippen LogP contribution in [0.15, 0.2) is 30.3 Å². The van der Waals surface area contributed by atoms with Crippen LogP contribution in [-0.4, -0.2) is 31.7 Å². The molecule has 0 atom stereocenters. The van der Waals surface area contributed by atoms with Gasteiger partial charge in [-0.25, -0.2) is 12.7 Å². The summed E-state index contributed by atoms with van der Waals surface area (Å²) in [6.07, 6.45) is 4.01. The van der Waals surface area contributed by atoms with Gasteiger partial charge in [-0.05, 0) is 68.9 Å². The van der Waals surface area contributed by atoms with Crippen molar-refractivity contribution in [2.24, 2.45) is 0 Å². The van der Waals surface area contributed by atoms with Crippen LogP contribution in [0.4, 0.5) is 5.69 Å². The van der Waals surface area contributed by atoms with Crippen LogP contribution in [0.5, 0.6) is 0 Å². The van der Waals surface area contributed by atoms with Gasteiger partial charge in [0.2, 0.25) is 15.9 Å². The van der Waals surface area contributed by atoms with Crippen LogP contribution in [0.25, 0.3) is 0 Å². The van der Waals surface area contributed by atoms with E-state index in [9.17, 15) is 13.2 Å². The van der Waals surface area contributed by atoms with Crippen molar-refractivity contribution in [1.29, 1.82) is 0 Å². The monoisotopic (exact) mass is 420 g/mol. The van der Waals surface area contributed by atoms with Crippen molar-refractivity contribution in [2.45, 2.75) is 51.7 Å². The van der Waals surface area contributed by atoms with Crippen LogP contribution >= 0.6 is 11.3 Å². The molecule has 2 aromatic rings. The first-order valence-corrected chi connectivity index (χ1v) is 12.2. The third kappa shape index (κ3) is 5.65. The number of nitrogens with zero attached hydrogens (tertiary/aromatic N) is 1. The molecule has 1 aliphatic rings. The van der Waals surface area contributed by atoms with E-state index in [1.165, 1.54) is 15.3 Å². The first-order chi connectivity index (χ1) is 13.3. The van der Waals surface area contributed by atoms with E-state index in [1.807, 2.05) is 0 Å². The zero-order valence-electron chi connectivity index (χ0n) is 16.5. The Kier molecular flexibility index (Phi) is 6.91. The Labute approximate surface area is 171 Å². The van der Waals surface area contributed by atoms with Gasteiger partial charge in [0, 0.05) is 35.0 Å². The highest BCUT2D eigenvalue weighted by molar-refractivity contribution is 7.88. The van der Waals surface area contributed by atoms with Gasteiger partial charge in [-0.3, -0.25) is 4.79 Å². The van der Waals surface area contributed by atoms with Crippen molar-refractivity contribution in [3.63, 3.8) is 0 Å². The summed E-state index contributed by atoms with van der Waals surface area (Å²) in [5.74, 6) is -0.0582. The molecule has 1 fully saturated rings.